The van der Waals surface area contributed by atoms with Crippen molar-refractivity contribution in [3.8, 4) is 40.1 Å². The van der Waals surface area contributed by atoms with E-state index in [-0.39, 0.29) is 34.5 Å². The van der Waals surface area contributed by atoms with E-state index in [1.54, 1.807) is 24.1 Å². The number of aromatic hydroxyl groups is 4. The normalized spacial score (nSPS) is 15.5. The van der Waals surface area contributed by atoms with Crippen molar-refractivity contribution in [1.29, 1.82) is 0 Å². The van der Waals surface area contributed by atoms with Gasteiger partial charge in [-0.25, -0.2) is 0 Å². The molecule has 2 aromatic carbocycles. The molecule has 0 bridgehead atoms. The molecule has 162 valence electrons. The second-order valence-electron chi connectivity index (χ2n) is 7.50. The molecule has 10 heteroatoms. The van der Waals surface area contributed by atoms with E-state index < -0.39 is 40.3 Å². The molecule has 0 fully saturated rings. The Morgan fingerprint density at radius 3 is 2.53 bits per heavy atom. The molecule has 4 N–H and O–H groups in total. The highest BCUT2D eigenvalue weighted by Gasteiger charge is 2.35. The van der Waals surface area contributed by atoms with Crippen molar-refractivity contribution in [2.45, 2.75) is 12.3 Å². The average molecular weight is 436 g/mol. The van der Waals surface area contributed by atoms with Crippen molar-refractivity contribution in [2.24, 2.45) is 7.05 Å². The summed E-state index contributed by atoms with van der Waals surface area (Å²) in [5, 5.41) is 44.2. The van der Waals surface area contributed by atoms with Gasteiger partial charge in [-0.15, -0.1) is 0 Å². The van der Waals surface area contributed by atoms with E-state index in [0.29, 0.717) is 11.1 Å². The van der Waals surface area contributed by atoms with Crippen LogP contribution >= 0.6 is 0 Å². The first kappa shape index (κ1) is 19.5. The fraction of sp³-hybridized carbons (Fsp3) is 0.136. The number of phenolic OH excluding ortho intramolecular Hbond substituents is 3. The Morgan fingerprint density at radius 1 is 1.06 bits per heavy atom. The quantitative estimate of drug-likeness (QED) is 0.211. The topological polar surface area (TPSA) is 155 Å². The maximum Gasteiger partial charge on any atom is 0.312 e. The van der Waals surface area contributed by atoms with Gasteiger partial charge in [0, 0.05) is 36.4 Å². The van der Waals surface area contributed by atoms with Crippen LogP contribution in [0.3, 0.4) is 0 Å². The highest BCUT2D eigenvalue weighted by molar-refractivity contribution is 5.94. The molecule has 1 aliphatic heterocycles. The van der Waals surface area contributed by atoms with Crippen molar-refractivity contribution in [3.05, 3.63) is 58.0 Å². The molecule has 4 aromatic rings. The van der Waals surface area contributed by atoms with Gasteiger partial charge in [-0.05, 0) is 23.8 Å². The number of carbonyl (C=O) groups excluding carboxylic acids is 1. The fourth-order valence-electron chi connectivity index (χ4n) is 3.95. The lowest BCUT2D eigenvalue weighted by Gasteiger charge is -2.25. The Morgan fingerprint density at radius 2 is 1.84 bits per heavy atom. The molecular weight excluding hydrogens is 420 g/mol. The molecule has 0 radical (unpaired) electrons. The summed E-state index contributed by atoms with van der Waals surface area (Å²) < 4.78 is 12.8. The lowest BCUT2D eigenvalue weighted by atomic mass is 9.86. The van der Waals surface area contributed by atoms with Crippen LogP contribution in [-0.2, 0) is 11.8 Å². The minimum absolute atomic E-state index is 0.0217. The van der Waals surface area contributed by atoms with Crippen LogP contribution in [0.25, 0.3) is 22.3 Å². The number of aryl methyl sites for hydroxylation is 1. The first-order valence-electron chi connectivity index (χ1n) is 9.51. The molecule has 0 saturated heterocycles. The van der Waals surface area contributed by atoms with Gasteiger partial charge in [-0.3, -0.25) is 14.3 Å². The van der Waals surface area contributed by atoms with Gasteiger partial charge in [0.1, 0.15) is 22.5 Å². The highest BCUT2D eigenvalue weighted by Crippen LogP contribution is 2.47. The van der Waals surface area contributed by atoms with Crippen molar-refractivity contribution in [1.82, 2.24) is 9.78 Å². The average Bonchev–Trinajstić information content (AvgIpc) is 3.17. The third-order valence-electron chi connectivity index (χ3n) is 5.43. The zero-order chi connectivity index (χ0) is 22.7. The molecular formula is C22H16N2O8. The van der Waals surface area contributed by atoms with Crippen LogP contribution in [-0.4, -0.2) is 36.2 Å². The highest BCUT2D eigenvalue weighted by atomic mass is 16.5. The summed E-state index contributed by atoms with van der Waals surface area (Å²) in [4.78, 5) is 25.2. The van der Waals surface area contributed by atoms with E-state index in [2.05, 4.69) is 5.10 Å². The largest absolute Gasteiger partial charge is 0.507 e. The summed E-state index contributed by atoms with van der Waals surface area (Å²) >= 11 is 0. The number of carbonyl (C=O) groups is 1. The minimum Gasteiger partial charge on any atom is -0.507 e. The standard InChI is InChI=1S/C22H16N2O8/c1-24-8-10(7-23-24)11-5-16(28)31-15-6-14(27)18-19(29)20(30)21(32-22(18)17(11)15)9-2-3-12(25)13(26)4-9/h2-4,6-8,11,25-27,30H,5H2,1H3. The Kier molecular flexibility index (Phi) is 4.12. The van der Waals surface area contributed by atoms with Crippen LogP contribution in [0.2, 0.25) is 0 Å². The summed E-state index contributed by atoms with van der Waals surface area (Å²) in [5.41, 5.74) is 0.131. The van der Waals surface area contributed by atoms with E-state index in [1.165, 1.54) is 12.1 Å². The summed E-state index contributed by atoms with van der Waals surface area (Å²) in [7, 11) is 1.72. The maximum atomic E-state index is 13.0. The Balaban J connectivity index is 1.86. The number of ether oxygens (including phenoxy) is 1. The molecule has 2 aromatic heterocycles. The maximum absolute atomic E-state index is 13.0. The van der Waals surface area contributed by atoms with Crippen molar-refractivity contribution in [2.75, 3.05) is 0 Å². The molecule has 0 saturated carbocycles. The lowest BCUT2D eigenvalue weighted by molar-refractivity contribution is -0.135. The van der Waals surface area contributed by atoms with Gasteiger partial charge in [0.05, 0.1) is 12.6 Å². The first-order valence-corrected chi connectivity index (χ1v) is 9.51. The molecule has 3 heterocycles. The summed E-state index contributed by atoms with van der Waals surface area (Å²) in [6, 6.07) is 4.77. The lowest BCUT2D eigenvalue weighted by Crippen LogP contribution is -2.21. The molecule has 0 aliphatic carbocycles. The third kappa shape index (κ3) is 2.84. The van der Waals surface area contributed by atoms with Crippen LogP contribution in [0.4, 0.5) is 0 Å². The van der Waals surface area contributed by atoms with Crippen molar-refractivity contribution >= 4 is 16.9 Å². The molecule has 32 heavy (non-hydrogen) atoms. The van der Waals surface area contributed by atoms with E-state index >= 15 is 0 Å². The number of benzene rings is 2. The number of fused-ring (bicyclic) bond motifs is 3. The van der Waals surface area contributed by atoms with Crippen LogP contribution in [0.15, 0.2) is 45.9 Å². The van der Waals surface area contributed by atoms with Gasteiger partial charge in [0.25, 0.3) is 0 Å². The fourth-order valence-corrected chi connectivity index (χ4v) is 3.95. The number of esters is 1. The predicted molar refractivity (Wildman–Crippen MR) is 110 cm³/mol. The number of nitrogens with zero attached hydrogens (tertiary/aromatic N) is 2. The summed E-state index contributed by atoms with van der Waals surface area (Å²) in [5.74, 6) is -3.57. The number of hydrogen-bond donors (Lipinski definition) is 4. The van der Waals surface area contributed by atoms with E-state index in [9.17, 15) is 30.0 Å². The van der Waals surface area contributed by atoms with E-state index in [0.717, 1.165) is 12.1 Å². The first-order chi connectivity index (χ1) is 15.2. The van der Waals surface area contributed by atoms with Crippen LogP contribution in [0.5, 0.6) is 28.7 Å². The molecule has 1 atom stereocenters. The number of phenols is 3. The van der Waals surface area contributed by atoms with Gasteiger partial charge >= 0.3 is 5.97 Å². The monoisotopic (exact) mass is 436 g/mol. The zero-order valence-electron chi connectivity index (χ0n) is 16.6. The van der Waals surface area contributed by atoms with Crippen LogP contribution < -0.4 is 10.2 Å². The second-order valence-corrected chi connectivity index (χ2v) is 7.50. The number of aromatic nitrogens is 2. The van der Waals surface area contributed by atoms with Gasteiger partial charge in [-0.1, -0.05) is 0 Å². The zero-order valence-corrected chi connectivity index (χ0v) is 16.6. The Hall–Kier alpha value is -4.47. The minimum atomic E-state index is -0.907. The second kappa shape index (κ2) is 6.77. The number of rotatable bonds is 2. The van der Waals surface area contributed by atoms with Crippen LogP contribution in [0.1, 0.15) is 23.5 Å². The molecule has 0 spiro atoms. The van der Waals surface area contributed by atoms with Gasteiger partial charge in [0.2, 0.25) is 11.2 Å². The summed E-state index contributed by atoms with van der Waals surface area (Å²) in [6.07, 6.45) is 3.23. The van der Waals surface area contributed by atoms with Crippen molar-refractivity contribution in [3.63, 3.8) is 0 Å². The Labute approximate surface area is 179 Å². The Bertz CT molecular complexity index is 1480. The van der Waals surface area contributed by atoms with E-state index in [1.807, 2.05) is 0 Å². The van der Waals surface area contributed by atoms with E-state index in [4.69, 9.17) is 9.15 Å². The summed E-state index contributed by atoms with van der Waals surface area (Å²) in [6.45, 7) is 0. The molecule has 1 aliphatic rings. The van der Waals surface area contributed by atoms with Crippen molar-refractivity contribution < 1.29 is 34.4 Å². The third-order valence-corrected chi connectivity index (χ3v) is 5.43. The molecule has 0 amide bonds. The SMILES string of the molecule is Cn1cc(C2CC(=O)Oc3cc(O)c4c(=O)c(O)c(-c5ccc(O)c(O)c5)oc4c32)cn1. The van der Waals surface area contributed by atoms with Gasteiger partial charge in [0.15, 0.2) is 17.3 Å². The predicted octanol–water partition coefficient (Wildman–Crippen LogP) is 2.46. The van der Waals surface area contributed by atoms with Gasteiger partial charge < -0.3 is 29.6 Å². The van der Waals surface area contributed by atoms with Crippen LogP contribution in [0, 0.1) is 0 Å². The van der Waals surface area contributed by atoms with Gasteiger partial charge in [-0.2, -0.15) is 5.10 Å². The molecule has 1 unspecified atom stereocenters. The molecule has 10 nitrogen and oxygen atoms in total. The smallest absolute Gasteiger partial charge is 0.312 e. The number of hydrogen-bond acceptors (Lipinski definition) is 9. The molecule has 5 rings (SSSR count).